The van der Waals surface area contributed by atoms with E-state index in [2.05, 4.69) is 79.4 Å². The average Bonchev–Trinajstić information content (AvgIpc) is 2.71. The third-order valence-electron chi connectivity index (χ3n) is 3.33. The van der Waals surface area contributed by atoms with Crippen LogP contribution >= 0.6 is 0 Å². The molecule has 0 amide bonds. The van der Waals surface area contributed by atoms with E-state index < -0.39 is 0 Å². The van der Waals surface area contributed by atoms with E-state index in [4.69, 9.17) is 0 Å². The van der Waals surface area contributed by atoms with Crippen LogP contribution in [0.5, 0.6) is 0 Å². The van der Waals surface area contributed by atoms with Crippen molar-refractivity contribution in [2.45, 2.75) is 6.92 Å². The van der Waals surface area contributed by atoms with Crippen molar-refractivity contribution in [3.8, 4) is 0 Å². The summed E-state index contributed by atoms with van der Waals surface area (Å²) in [4.78, 5) is 0. The number of benzene rings is 2. The molecule has 3 rings (SSSR count). The molecule has 2 aromatic rings. The molecule has 0 unspecified atom stereocenters. The molecule has 0 aromatic heterocycles. The van der Waals surface area contributed by atoms with Crippen LogP contribution in [0, 0.1) is 0 Å². The molecule has 0 atom stereocenters. The quantitative estimate of drug-likeness (QED) is 0.642. The van der Waals surface area contributed by atoms with E-state index in [0.29, 0.717) is 0 Å². The number of rotatable bonds is 2. The van der Waals surface area contributed by atoms with E-state index in [1.165, 1.54) is 22.3 Å². The highest BCUT2D eigenvalue weighted by Crippen LogP contribution is 2.24. The molecule has 0 aliphatic heterocycles. The van der Waals surface area contributed by atoms with Gasteiger partial charge in [-0.25, -0.2) is 0 Å². The van der Waals surface area contributed by atoms with Crippen LogP contribution in [0.4, 0.5) is 0 Å². The van der Waals surface area contributed by atoms with Crippen molar-refractivity contribution in [1.82, 2.24) is 0 Å². The van der Waals surface area contributed by atoms with E-state index in [1.807, 2.05) is 12.1 Å². The summed E-state index contributed by atoms with van der Waals surface area (Å²) < 4.78 is 0. The maximum absolute atomic E-state index is 3.42. The summed E-state index contributed by atoms with van der Waals surface area (Å²) in [5.41, 5.74) is 9.42. The Labute approximate surface area is 120 Å². The van der Waals surface area contributed by atoms with Gasteiger partial charge in [0.25, 0.3) is 0 Å². The van der Waals surface area contributed by atoms with Crippen LogP contribution in [-0.4, -0.2) is 0 Å². The molecule has 0 heterocycles. The molecule has 1 aliphatic rings. The summed E-state index contributed by atoms with van der Waals surface area (Å²) in [5, 5.41) is 0. The summed E-state index contributed by atoms with van der Waals surface area (Å²) in [6.07, 6.45) is 6.46. The predicted octanol–water partition coefficient (Wildman–Crippen LogP) is 5.27. The molecule has 0 bridgehead atoms. The van der Waals surface area contributed by atoms with E-state index in [9.17, 15) is 0 Å². The van der Waals surface area contributed by atoms with Gasteiger partial charge in [0.2, 0.25) is 0 Å². The van der Waals surface area contributed by atoms with Crippen LogP contribution in [0.3, 0.4) is 0 Å². The molecule has 2 aromatic carbocycles. The third-order valence-corrected chi connectivity index (χ3v) is 3.33. The zero-order valence-electron chi connectivity index (χ0n) is 11.5. The van der Waals surface area contributed by atoms with Crippen molar-refractivity contribution in [2.24, 2.45) is 0 Å². The minimum absolute atomic E-state index is 1.13. The lowest BCUT2D eigenvalue weighted by Crippen LogP contribution is -1.80. The van der Waals surface area contributed by atoms with E-state index >= 15 is 0 Å². The zero-order valence-corrected chi connectivity index (χ0v) is 11.5. The third kappa shape index (κ3) is 2.71. The lowest BCUT2D eigenvalue weighted by atomic mass is 10.0. The standard InChI is InChI=1S/C20H16/c1-16-14-19(17-8-4-2-5-9-17)12-13-20(15-16)18-10-6-3-7-11-18/h2-12,14-15H,1H3. The lowest BCUT2D eigenvalue weighted by molar-refractivity contribution is 1.51. The first-order valence-corrected chi connectivity index (χ1v) is 6.80. The summed E-state index contributed by atoms with van der Waals surface area (Å²) in [6, 6.07) is 20.8. The van der Waals surface area contributed by atoms with Crippen LogP contribution in [0.15, 0.2) is 90.2 Å². The topological polar surface area (TPSA) is 0 Å². The van der Waals surface area contributed by atoms with Gasteiger partial charge >= 0.3 is 0 Å². The number of hydrogen-bond acceptors (Lipinski definition) is 0. The minimum Gasteiger partial charge on any atom is -0.112 e. The summed E-state index contributed by atoms with van der Waals surface area (Å²) >= 11 is 0. The molecule has 0 spiro atoms. The molecular formula is C20H16. The Bertz CT molecular complexity index is 722. The van der Waals surface area contributed by atoms with Gasteiger partial charge in [-0.2, -0.15) is 0 Å². The molecule has 0 fully saturated rings. The zero-order chi connectivity index (χ0) is 13.8. The maximum atomic E-state index is 3.42. The van der Waals surface area contributed by atoms with E-state index in [0.717, 1.165) is 5.57 Å². The molecule has 20 heavy (non-hydrogen) atoms. The number of hydrogen-bond donors (Lipinski definition) is 0. The molecule has 1 aliphatic carbocycles. The first-order valence-electron chi connectivity index (χ1n) is 6.80. The van der Waals surface area contributed by atoms with E-state index in [-0.39, 0.29) is 0 Å². The Morgan fingerprint density at radius 2 is 1.30 bits per heavy atom. The van der Waals surface area contributed by atoms with Crippen molar-refractivity contribution >= 4 is 11.1 Å². The van der Waals surface area contributed by atoms with Crippen LogP contribution in [-0.2, 0) is 0 Å². The Morgan fingerprint density at radius 1 is 0.700 bits per heavy atom. The highest BCUT2D eigenvalue weighted by atomic mass is 14.1. The van der Waals surface area contributed by atoms with Crippen LogP contribution in [0.1, 0.15) is 18.1 Å². The molecule has 0 saturated heterocycles. The van der Waals surface area contributed by atoms with Gasteiger partial charge in [0.05, 0.1) is 0 Å². The normalized spacial score (nSPS) is 14.2. The first-order chi connectivity index (χ1) is 9.83. The summed E-state index contributed by atoms with van der Waals surface area (Å²) in [7, 11) is 0. The second-order valence-corrected chi connectivity index (χ2v) is 4.92. The van der Waals surface area contributed by atoms with Crippen LogP contribution < -0.4 is 0 Å². The van der Waals surface area contributed by atoms with Crippen molar-refractivity contribution in [3.05, 3.63) is 101 Å². The molecule has 0 saturated carbocycles. The fourth-order valence-corrected chi connectivity index (χ4v) is 2.34. The number of allylic oxidation sites excluding steroid dienone is 5. The van der Waals surface area contributed by atoms with Gasteiger partial charge < -0.3 is 0 Å². The maximum Gasteiger partial charge on any atom is 0.0239 e. The Balaban J connectivity index is 2.06. The van der Waals surface area contributed by atoms with Crippen LogP contribution in [0.2, 0.25) is 0 Å². The largest absolute Gasteiger partial charge is 0.112 e. The molecule has 0 nitrogen and oxygen atoms in total. The Hall–Kier alpha value is -2.56. The molecule has 96 valence electrons. The second-order valence-electron chi connectivity index (χ2n) is 4.92. The first kappa shape index (κ1) is 12.5. The molecule has 0 heteroatoms. The minimum atomic E-state index is 1.13. The van der Waals surface area contributed by atoms with Crippen molar-refractivity contribution < 1.29 is 0 Å². The van der Waals surface area contributed by atoms with Gasteiger partial charge in [0.15, 0.2) is 0 Å². The van der Waals surface area contributed by atoms with Gasteiger partial charge in [0, 0.05) is 5.57 Å². The summed E-state index contributed by atoms with van der Waals surface area (Å²) in [6.45, 7) is 2.13. The fourth-order valence-electron chi connectivity index (χ4n) is 2.34. The second kappa shape index (κ2) is 5.61. The average molecular weight is 256 g/mol. The van der Waals surface area contributed by atoms with E-state index in [1.54, 1.807) is 0 Å². The SMILES string of the molecule is CC1=CC(c2ccccc2)=C=CC(c2ccccc2)=C1. The molecule has 0 radical (unpaired) electrons. The Morgan fingerprint density at radius 3 is 1.95 bits per heavy atom. The van der Waals surface area contributed by atoms with Crippen molar-refractivity contribution in [2.75, 3.05) is 0 Å². The highest BCUT2D eigenvalue weighted by molar-refractivity contribution is 5.83. The highest BCUT2D eigenvalue weighted by Gasteiger charge is 2.03. The van der Waals surface area contributed by atoms with Crippen molar-refractivity contribution in [3.63, 3.8) is 0 Å². The van der Waals surface area contributed by atoms with Gasteiger partial charge in [-0.15, -0.1) is 5.73 Å². The molecule has 0 N–H and O–H groups in total. The van der Waals surface area contributed by atoms with Gasteiger partial charge in [-0.1, -0.05) is 66.7 Å². The van der Waals surface area contributed by atoms with Crippen molar-refractivity contribution in [1.29, 1.82) is 0 Å². The van der Waals surface area contributed by atoms with Gasteiger partial charge in [0.1, 0.15) is 0 Å². The lowest BCUT2D eigenvalue weighted by Gasteiger charge is -2.00. The van der Waals surface area contributed by atoms with Crippen LogP contribution in [0.25, 0.3) is 11.1 Å². The molecular weight excluding hydrogens is 240 g/mol. The summed E-state index contributed by atoms with van der Waals surface area (Å²) in [5.74, 6) is 0. The smallest absolute Gasteiger partial charge is 0.0239 e. The predicted molar refractivity (Wildman–Crippen MR) is 86.1 cm³/mol. The monoisotopic (exact) mass is 256 g/mol. The fraction of sp³-hybridized carbons (Fsp3) is 0.0500. The van der Waals surface area contributed by atoms with Gasteiger partial charge in [-0.05, 0) is 41.3 Å². The Kier molecular flexibility index (Phi) is 3.50. The van der Waals surface area contributed by atoms with Gasteiger partial charge in [-0.3, -0.25) is 0 Å².